The van der Waals surface area contributed by atoms with Crippen molar-refractivity contribution in [2.45, 2.75) is 25.9 Å². The first-order valence-corrected chi connectivity index (χ1v) is 9.40. The van der Waals surface area contributed by atoms with Gasteiger partial charge in [-0.05, 0) is 44.5 Å². The third-order valence-electron chi connectivity index (χ3n) is 3.58. The molecular formula is C15H21ClN2O4S. The van der Waals surface area contributed by atoms with E-state index in [0.717, 1.165) is 0 Å². The van der Waals surface area contributed by atoms with E-state index < -0.39 is 15.6 Å². The molecule has 1 fully saturated rings. The zero-order chi connectivity index (χ0) is 17.1. The summed E-state index contributed by atoms with van der Waals surface area (Å²) >= 11 is 5.81. The minimum absolute atomic E-state index is 0.187. The highest BCUT2D eigenvalue weighted by Crippen LogP contribution is 2.21. The molecule has 1 heterocycles. The molecule has 1 aliphatic rings. The molecule has 1 aliphatic heterocycles. The van der Waals surface area contributed by atoms with Crippen LogP contribution in [0.25, 0.3) is 0 Å². The molecule has 0 aliphatic carbocycles. The molecule has 0 unspecified atom stereocenters. The third kappa shape index (κ3) is 4.83. The Labute approximate surface area is 141 Å². The molecular weight excluding hydrogens is 340 g/mol. The normalized spacial score (nSPS) is 17.9. The molecule has 1 N–H and O–H groups in total. The minimum Gasteiger partial charge on any atom is -0.478 e. The highest BCUT2D eigenvalue weighted by molar-refractivity contribution is 7.89. The van der Waals surface area contributed by atoms with Gasteiger partial charge in [0.25, 0.3) is 5.91 Å². The molecule has 6 nitrogen and oxygen atoms in total. The molecule has 1 aromatic carbocycles. The van der Waals surface area contributed by atoms with E-state index in [1.165, 1.54) is 4.31 Å². The molecule has 2 rings (SSSR count). The number of sulfonamides is 1. The van der Waals surface area contributed by atoms with Gasteiger partial charge in [-0.3, -0.25) is 4.79 Å². The number of nitrogens with zero attached hydrogens (tertiary/aromatic N) is 1. The van der Waals surface area contributed by atoms with E-state index in [1.807, 2.05) is 0 Å². The monoisotopic (exact) mass is 360 g/mol. The van der Waals surface area contributed by atoms with Crippen LogP contribution in [0.4, 0.5) is 0 Å². The van der Waals surface area contributed by atoms with Crippen LogP contribution in [-0.2, 0) is 14.8 Å². The highest BCUT2D eigenvalue weighted by Gasteiger charge is 2.31. The van der Waals surface area contributed by atoms with Gasteiger partial charge in [-0.15, -0.1) is 0 Å². The lowest BCUT2D eigenvalue weighted by atomic mass is 10.1. The van der Waals surface area contributed by atoms with Crippen molar-refractivity contribution in [3.8, 4) is 5.75 Å². The summed E-state index contributed by atoms with van der Waals surface area (Å²) in [5.41, 5.74) is -1.07. The van der Waals surface area contributed by atoms with Gasteiger partial charge in [0.15, 0.2) is 5.60 Å². The first-order valence-electron chi connectivity index (χ1n) is 7.41. The molecule has 0 spiro atoms. The average Bonchev–Trinajstić information content (AvgIpc) is 2.80. The number of carbonyl (C=O) groups excluding carboxylic acids is 1. The fraction of sp³-hybridized carbons (Fsp3) is 0.533. The Bertz CT molecular complexity index is 659. The molecule has 0 atom stereocenters. The zero-order valence-corrected chi connectivity index (χ0v) is 14.8. The summed E-state index contributed by atoms with van der Waals surface area (Å²) in [7, 11) is -3.13. The van der Waals surface area contributed by atoms with E-state index >= 15 is 0 Å². The standard InChI is InChI=1S/C15H21ClN2O4S/c1-15(2,22-13-6-4-12(16)5-7-13)14(19)17-8-10-18-9-3-11-23(18,20)21/h4-7H,3,8-11H2,1-2H3,(H,17,19). The number of halogens is 1. The van der Waals surface area contributed by atoms with Crippen molar-refractivity contribution in [2.24, 2.45) is 0 Å². The molecule has 1 aromatic rings. The lowest BCUT2D eigenvalue weighted by Crippen LogP contribution is -2.48. The van der Waals surface area contributed by atoms with Crippen molar-refractivity contribution in [3.63, 3.8) is 0 Å². The summed E-state index contributed by atoms with van der Waals surface area (Å²) < 4.78 is 30.4. The molecule has 23 heavy (non-hydrogen) atoms. The lowest BCUT2D eigenvalue weighted by molar-refractivity contribution is -0.134. The number of carbonyl (C=O) groups is 1. The first kappa shape index (κ1) is 18.0. The first-order chi connectivity index (χ1) is 10.7. The van der Waals surface area contributed by atoms with E-state index in [9.17, 15) is 13.2 Å². The molecule has 8 heteroatoms. The summed E-state index contributed by atoms with van der Waals surface area (Å²) in [5.74, 6) is 0.423. The summed E-state index contributed by atoms with van der Waals surface area (Å²) in [6, 6.07) is 6.74. The van der Waals surface area contributed by atoms with Gasteiger partial charge < -0.3 is 10.1 Å². The average molecular weight is 361 g/mol. The van der Waals surface area contributed by atoms with Crippen molar-refractivity contribution >= 4 is 27.5 Å². The zero-order valence-electron chi connectivity index (χ0n) is 13.2. The molecule has 1 saturated heterocycles. The Morgan fingerprint density at radius 3 is 2.57 bits per heavy atom. The molecule has 0 radical (unpaired) electrons. The number of nitrogens with one attached hydrogen (secondary N) is 1. The maximum absolute atomic E-state index is 12.2. The number of ether oxygens (including phenoxy) is 1. The van der Waals surface area contributed by atoms with Crippen molar-refractivity contribution in [1.29, 1.82) is 0 Å². The molecule has 0 saturated carbocycles. The highest BCUT2D eigenvalue weighted by atomic mass is 35.5. The second kappa shape index (κ2) is 7.07. The number of benzene rings is 1. The Kier molecular flexibility index (Phi) is 5.54. The van der Waals surface area contributed by atoms with Gasteiger partial charge in [-0.25, -0.2) is 12.7 Å². The lowest BCUT2D eigenvalue weighted by Gasteiger charge is -2.26. The van der Waals surface area contributed by atoms with E-state index in [4.69, 9.17) is 16.3 Å². The van der Waals surface area contributed by atoms with Gasteiger partial charge in [0.05, 0.1) is 5.75 Å². The van der Waals surface area contributed by atoms with Crippen LogP contribution in [0, 0.1) is 0 Å². The summed E-state index contributed by atoms with van der Waals surface area (Å²) in [4.78, 5) is 12.2. The number of amides is 1. The Morgan fingerprint density at radius 2 is 2.00 bits per heavy atom. The quantitative estimate of drug-likeness (QED) is 0.837. The van der Waals surface area contributed by atoms with Crippen molar-refractivity contribution < 1.29 is 17.9 Å². The van der Waals surface area contributed by atoms with Crippen LogP contribution in [0.5, 0.6) is 5.75 Å². The van der Waals surface area contributed by atoms with Crippen LogP contribution in [0.3, 0.4) is 0 Å². The Balaban J connectivity index is 1.85. The van der Waals surface area contributed by atoms with E-state index in [2.05, 4.69) is 5.32 Å². The van der Waals surface area contributed by atoms with E-state index in [0.29, 0.717) is 23.7 Å². The summed E-state index contributed by atoms with van der Waals surface area (Å²) in [5, 5.41) is 3.31. The van der Waals surface area contributed by atoms with Gasteiger partial charge >= 0.3 is 0 Å². The second-order valence-corrected chi connectivity index (χ2v) is 8.42. The van der Waals surface area contributed by atoms with Crippen LogP contribution in [0.15, 0.2) is 24.3 Å². The number of hydrogen-bond acceptors (Lipinski definition) is 4. The van der Waals surface area contributed by atoms with Crippen LogP contribution in [-0.4, -0.2) is 49.6 Å². The number of hydrogen-bond donors (Lipinski definition) is 1. The summed E-state index contributed by atoms with van der Waals surface area (Å²) in [6.07, 6.45) is 0.640. The van der Waals surface area contributed by atoms with Crippen LogP contribution in [0.2, 0.25) is 5.02 Å². The second-order valence-electron chi connectivity index (χ2n) is 5.89. The van der Waals surface area contributed by atoms with E-state index in [1.54, 1.807) is 38.1 Å². The molecule has 1 amide bonds. The van der Waals surface area contributed by atoms with Gasteiger partial charge in [0, 0.05) is 24.7 Å². The summed E-state index contributed by atoms with van der Waals surface area (Å²) in [6.45, 7) is 4.37. The molecule has 0 aromatic heterocycles. The topological polar surface area (TPSA) is 75.7 Å². The van der Waals surface area contributed by atoms with Crippen LogP contribution < -0.4 is 10.1 Å². The third-order valence-corrected chi connectivity index (χ3v) is 5.79. The van der Waals surface area contributed by atoms with Crippen LogP contribution in [0.1, 0.15) is 20.3 Å². The van der Waals surface area contributed by atoms with Gasteiger partial charge in [-0.1, -0.05) is 11.6 Å². The maximum Gasteiger partial charge on any atom is 0.263 e. The minimum atomic E-state index is -3.13. The maximum atomic E-state index is 12.2. The van der Waals surface area contributed by atoms with Gasteiger partial charge in [-0.2, -0.15) is 0 Å². The van der Waals surface area contributed by atoms with Gasteiger partial charge in [0.2, 0.25) is 10.0 Å². The molecule has 128 valence electrons. The largest absolute Gasteiger partial charge is 0.478 e. The smallest absolute Gasteiger partial charge is 0.263 e. The Morgan fingerprint density at radius 1 is 1.35 bits per heavy atom. The molecule has 0 bridgehead atoms. The van der Waals surface area contributed by atoms with Crippen molar-refractivity contribution in [2.75, 3.05) is 25.4 Å². The number of rotatable bonds is 6. The van der Waals surface area contributed by atoms with Gasteiger partial charge in [0.1, 0.15) is 5.75 Å². The predicted molar refractivity (Wildman–Crippen MR) is 89.1 cm³/mol. The SMILES string of the molecule is CC(C)(Oc1ccc(Cl)cc1)C(=O)NCCN1CCCS1(=O)=O. The van der Waals surface area contributed by atoms with Crippen molar-refractivity contribution in [3.05, 3.63) is 29.3 Å². The Hall–Kier alpha value is -1.31. The predicted octanol–water partition coefficient (Wildman–Crippen LogP) is 1.65. The fourth-order valence-corrected chi connectivity index (χ4v) is 3.95. The van der Waals surface area contributed by atoms with Crippen molar-refractivity contribution in [1.82, 2.24) is 9.62 Å². The van der Waals surface area contributed by atoms with E-state index in [-0.39, 0.29) is 24.7 Å². The van der Waals surface area contributed by atoms with Crippen LogP contribution >= 0.6 is 11.6 Å². The fourth-order valence-electron chi connectivity index (χ4n) is 2.29.